The van der Waals surface area contributed by atoms with Gasteiger partial charge in [0.2, 0.25) is 0 Å². The number of H-pyrrole nitrogens is 1. The first-order valence-electron chi connectivity index (χ1n) is 8.65. The highest BCUT2D eigenvalue weighted by molar-refractivity contribution is 7.71. The molecule has 1 N–H and O–H groups in total. The van der Waals surface area contributed by atoms with E-state index in [0.717, 1.165) is 12.5 Å². The molecule has 0 bridgehead atoms. The van der Waals surface area contributed by atoms with Crippen LogP contribution >= 0.6 is 12.2 Å². The average Bonchev–Trinajstić information content (AvgIpc) is 2.66. The minimum atomic E-state index is -4.72. The molecule has 0 fully saturated rings. The van der Waals surface area contributed by atoms with Crippen molar-refractivity contribution in [2.75, 3.05) is 7.11 Å². The van der Waals surface area contributed by atoms with Crippen molar-refractivity contribution >= 4 is 23.3 Å². The quantitative estimate of drug-likeness (QED) is 0.606. The number of alkyl halides is 3. The lowest BCUT2D eigenvalue weighted by Gasteiger charge is -2.16. The number of nitrogens with one attached hydrogen (secondary N) is 1. The van der Waals surface area contributed by atoms with Gasteiger partial charge in [-0.1, -0.05) is 13.3 Å². The van der Waals surface area contributed by atoms with Crippen molar-refractivity contribution in [2.45, 2.75) is 32.5 Å². The van der Waals surface area contributed by atoms with Gasteiger partial charge in [0.25, 0.3) is 5.56 Å². The lowest BCUT2D eigenvalue weighted by Crippen LogP contribution is -2.20. The summed E-state index contributed by atoms with van der Waals surface area (Å²) in [4.78, 5) is 19.1. The number of unbranched alkanes of at least 4 members (excludes halogenated alkanes) is 1. The number of fused-ring (bicyclic) bond motifs is 1. The van der Waals surface area contributed by atoms with Gasteiger partial charge in [0, 0.05) is 12.1 Å². The maximum absolute atomic E-state index is 13.8. The molecule has 3 rings (SSSR count). The summed E-state index contributed by atoms with van der Waals surface area (Å²) in [5, 5.41) is -0.505. The van der Waals surface area contributed by atoms with Crippen molar-refractivity contribution in [3.05, 3.63) is 51.0 Å². The SMILES string of the molecule is CCCCn1c(=S)[nH]c(=O)c2c(C(F)(F)F)cc(-c3ccc(OC)cc3)nc21. The number of aromatic amines is 1. The molecule has 0 atom stereocenters. The number of ether oxygens (including phenoxy) is 1. The fraction of sp³-hybridized carbons (Fsp3) is 0.316. The molecule has 0 aliphatic rings. The van der Waals surface area contributed by atoms with Crippen LogP contribution < -0.4 is 10.3 Å². The number of hydrogen-bond acceptors (Lipinski definition) is 4. The van der Waals surface area contributed by atoms with Gasteiger partial charge in [-0.2, -0.15) is 13.2 Å². The Hall–Kier alpha value is -2.68. The standard InChI is InChI=1S/C19H18F3N3O2S/c1-3-4-9-25-16-15(17(26)24-18(25)28)13(19(20,21)22)10-14(23-16)11-5-7-12(27-2)8-6-11/h5-8,10H,3-4,9H2,1-2H3,(H,24,26,28). The number of nitrogens with zero attached hydrogens (tertiary/aromatic N) is 2. The topological polar surface area (TPSA) is 59.9 Å². The number of rotatable bonds is 5. The van der Waals surface area contributed by atoms with Crippen molar-refractivity contribution in [1.82, 2.24) is 14.5 Å². The van der Waals surface area contributed by atoms with Gasteiger partial charge in [-0.25, -0.2) is 4.98 Å². The van der Waals surface area contributed by atoms with Crippen molar-refractivity contribution < 1.29 is 17.9 Å². The zero-order valence-corrected chi connectivity index (χ0v) is 16.1. The Kier molecular flexibility index (Phi) is 5.55. The van der Waals surface area contributed by atoms with E-state index in [1.807, 2.05) is 6.92 Å². The first-order valence-corrected chi connectivity index (χ1v) is 9.06. The zero-order valence-electron chi connectivity index (χ0n) is 15.3. The van der Waals surface area contributed by atoms with Crippen LogP contribution in [0, 0.1) is 4.77 Å². The van der Waals surface area contributed by atoms with Gasteiger partial charge in [-0.3, -0.25) is 9.78 Å². The molecule has 0 radical (unpaired) electrons. The van der Waals surface area contributed by atoms with E-state index in [4.69, 9.17) is 17.0 Å². The first kappa shape index (κ1) is 20.1. The molecule has 0 saturated heterocycles. The molecule has 9 heteroatoms. The molecule has 1 aromatic carbocycles. The predicted molar refractivity (Wildman–Crippen MR) is 103 cm³/mol. The van der Waals surface area contributed by atoms with Crippen LogP contribution in [0.1, 0.15) is 25.3 Å². The van der Waals surface area contributed by atoms with Crippen LogP contribution in [0.4, 0.5) is 13.2 Å². The minimum absolute atomic E-state index is 0.0541. The normalized spacial score (nSPS) is 11.8. The van der Waals surface area contributed by atoms with Crippen molar-refractivity contribution in [3.8, 4) is 17.0 Å². The molecular formula is C19H18F3N3O2S. The summed E-state index contributed by atoms with van der Waals surface area (Å²) in [5.74, 6) is 0.572. The Labute approximate surface area is 163 Å². The van der Waals surface area contributed by atoms with E-state index in [0.29, 0.717) is 24.3 Å². The molecule has 0 saturated carbocycles. The van der Waals surface area contributed by atoms with E-state index in [1.165, 1.54) is 11.7 Å². The Morgan fingerprint density at radius 3 is 2.50 bits per heavy atom. The number of pyridine rings is 1. The Balaban J connectivity index is 2.37. The summed E-state index contributed by atoms with van der Waals surface area (Å²) in [7, 11) is 1.50. The van der Waals surface area contributed by atoms with Crippen molar-refractivity contribution in [1.29, 1.82) is 0 Å². The van der Waals surface area contributed by atoms with E-state index in [-0.39, 0.29) is 16.1 Å². The van der Waals surface area contributed by atoms with Crippen LogP contribution in [-0.2, 0) is 12.7 Å². The number of methoxy groups -OCH3 is 1. The van der Waals surface area contributed by atoms with E-state index in [2.05, 4.69) is 9.97 Å². The van der Waals surface area contributed by atoms with Gasteiger partial charge >= 0.3 is 6.18 Å². The van der Waals surface area contributed by atoms with Gasteiger partial charge in [0.1, 0.15) is 11.4 Å². The second-order valence-electron chi connectivity index (χ2n) is 6.24. The maximum atomic E-state index is 13.8. The monoisotopic (exact) mass is 409 g/mol. The molecule has 0 amide bonds. The molecule has 5 nitrogen and oxygen atoms in total. The number of aromatic nitrogens is 3. The summed E-state index contributed by atoms with van der Waals surface area (Å²) in [6.45, 7) is 2.31. The molecule has 3 aromatic rings. The number of halogens is 3. The lowest BCUT2D eigenvalue weighted by molar-refractivity contribution is -0.136. The third kappa shape index (κ3) is 3.80. The Morgan fingerprint density at radius 2 is 1.93 bits per heavy atom. The molecule has 2 heterocycles. The third-order valence-electron chi connectivity index (χ3n) is 4.38. The lowest BCUT2D eigenvalue weighted by atomic mass is 10.1. The van der Waals surface area contributed by atoms with E-state index in [1.54, 1.807) is 24.3 Å². The van der Waals surface area contributed by atoms with Crippen LogP contribution in [-0.4, -0.2) is 21.6 Å². The average molecular weight is 409 g/mol. The summed E-state index contributed by atoms with van der Waals surface area (Å²) in [6.07, 6.45) is -3.22. The summed E-state index contributed by atoms with van der Waals surface area (Å²) < 4.78 is 47.9. The molecule has 0 unspecified atom stereocenters. The van der Waals surface area contributed by atoms with E-state index < -0.39 is 22.7 Å². The number of aryl methyl sites for hydroxylation is 1. The predicted octanol–water partition coefficient (Wildman–Crippen LogP) is 4.95. The fourth-order valence-electron chi connectivity index (χ4n) is 2.93. The van der Waals surface area contributed by atoms with E-state index in [9.17, 15) is 18.0 Å². The minimum Gasteiger partial charge on any atom is -0.497 e. The van der Waals surface area contributed by atoms with Gasteiger partial charge in [0.05, 0.1) is 23.8 Å². The van der Waals surface area contributed by atoms with Gasteiger partial charge in [-0.15, -0.1) is 0 Å². The molecule has 28 heavy (non-hydrogen) atoms. The third-order valence-corrected chi connectivity index (χ3v) is 4.70. The second kappa shape index (κ2) is 7.75. The Morgan fingerprint density at radius 1 is 1.25 bits per heavy atom. The molecular weight excluding hydrogens is 391 g/mol. The molecule has 148 valence electrons. The van der Waals surface area contributed by atoms with Crippen LogP contribution in [0.2, 0.25) is 0 Å². The summed E-state index contributed by atoms with van der Waals surface area (Å²) >= 11 is 5.18. The second-order valence-corrected chi connectivity index (χ2v) is 6.63. The summed E-state index contributed by atoms with van der Waals surface area (Å²) in [6, 6.07) is 7.40. The Bertz CT molecular complexity index is 1120. The van der Waals surface area contributed by atoms with E-state index >= 15 is 0 Å². The van der Waals surface area contributed by atoms with Crippen molar-refractivity contribution in [2.24, 2.45) is 0 Å². The largest absolute Gasteiger partial charge is 0.497 e. The maximum Gasteiger partial charge on any atom is 0.417 e. The summed E-state index contributed by atoms with van der Waals surface area (Å²) in [5.41, 5.74) is -1.42. The highest BCUT2D eigenvalue weighted by Crippen LogP contribution is 2.35. The highest BCUT2D eigenvalue weighted by atomic mass is 32.1. The first-order chi connectivity index (χ1) is 13.3. The molecule has 0 aliphatic carbocycles. The van der Waals surface area contributed by atoms with Crippen LogP contribution in [0.5, 0.6) is 5.75 Å². The van der Waals surface area contributed by atoms with Gasteiger partial charge in [0.15, 0.2) is 4.77 Å². The van der Waals surface area contributed by atoms with Crippen molar-refractivity contribution in [3.63, 3.8) is 0 Å². The smallest absolute Gasteiger partial charge is 0.417 e. The number of benzene rings is 1. The van der Waals surface area contributed by atoms with Gasteiger partial charge in [-0.05, 0) is 49.0 Å². The highest BCUT2D eigenvalue weighted by Gasteiger charge is 2.35. The van der Waals surface area contributed by atoms with Gasteiger partial charge < -0.3 is 9.30 Å². The number of hydrogen-bond donors (Lipinski definition) is 1. The molecule has 0 spiro atoms. The fourth-order valence-corrected chi connectivity index (χ4v) is 3.20. The molecule has 2 aromatic heterocycles. The zero-order chi connectivity index (χ0) is 20.5. The van der Waals surface area contributed by atoms with Crippen LogP contribution in [0.25, 0.3) is 22.3 Å². The molecule has 0 aliphatic heterocycles. The van der Waals surface area contributed by atoms with Crippen LogP contribution in [0.15, 0.2) is 35.1 Å². The van der Waals surface area contributed by atoms with Crippen LogP contribution in [0.3, 0.4) is 0 Å².